The van der Waals surface area contributed by atoms with Gasteiger partial charge in [-0.15, -0.1) is 0 Å². The first kappa shape index (κ1) is 22.0. The normalized spacial score (nSPS) is 11.4. The topological polar surface area (TPSA) is 89.8 Å². The molecule has 1 N–H and O–H groups in total. The molecule has 0 aliphatic heterocycles. The first-order valence-electron chi connectivity index (χ1n) is 10.1. The van der Waals surface area contributed by atoms with Crippen molar-refractivity contribution in [3.63, 3.8) is 0 Å². The second-order valence-electron chi connectivity index (χ2n) is 7.23. The van der Waals surface area contributed by atoms with Crippen molar-refractivity contribution in [2.24, 2.45) is 5.10 Å². The highest BCUT2D eigenvalue weighted by Crippen LogP contribution is 2.19. The molecule has 8 heteroatoms. The lowest BCUT2D eigenvalue weighted by Crippen LogP contribution is -2.19. The lowest BCUT2D eigenvalue weighted by Gasteiger charge is -2.09. The first-order chi connectivity index (χ1) is 15.9. The molecule has 1 heterocycles. The van der Waals surface area contributed by atoms with E-state index in [9.17, 15) is 13.2 Å². The Hall–Kier alpha value is -4.17. The van der Waals surface area contributed by atoms with Gasteiger partial charge >= 0.3 is 10.1 Å². The average molecular weight is 460 g/mol. The number of aromatic nitrogens is 1. The van der Waals surface area contributed by atoms with Gasteiger partial charge in [0, 0.05) is 12.4 Å². The van der Waals surface area contributed by atoms with Crippen LogP contribution in [0.5, 0.6) is 5.75 Å². The molecule has 7 nitrogen and oxygen atoms in total. The highest BCUT2D eigenvalue weighted by Gasteiger charge is 2.16. The summed E-state index contributed by atoms with van der Waals surface area (Å²) in [7, 11) is -3.92. The molecule has 0 aliphatic carbocycles. The fourth-order valence-corrected chi connectivity index (χ4v) is 4.03. The summed E-state index contributed by atoms with van der Waals surface area (Å²) in [5, 5.41) is 4.01. The molecule has 0 atom stereocenters. The molecule has 3 aromatic carbocycles. The van der Waals surface area contributed by atoms with Crippen LogP contribution in [0, 0.1) is 6.92 Å². The molecule has 0 saturated carbocycles. The predicted octanol–water partition coefficient (Wildman–Crippen LogP) is 4.32. The van der Waals surface area contributed by atoms with Gasteiger partial charge in [-0.25, -0.2) is 5.43 Å². The molecule has 0 bridgehead atoms. The average Bonchev–Trinajstić information content (AvgIpc) is 3.35. The van der Waals surface area contributed by atoms with Gasteiger partial charge in [0.15, 0.2) is 0 Å². The van der Waals surface area contributed by atoms with Crippen LogP contribution in [-0.4, -0.2) is 25.1 Å². The van der Waals surface area contributed by atoms with Crippen LogP contribution in [-0.2, 0) is 10.1 Å². The molecule has 0 fully saturated rings. The minimum atomic E-state index is -3.92. The number of nitrogens with one attached hydrogen (secondary N) is 1. The predicted molar refractivity (Wildman–Crippen MR) is 126 cm³/mol. The van der Waals surface area contributed by atoms with Crippen molar-refractivity contribution >= 4 is 22.2 Å². The van der Waals surface area contributed by atoms with Crippen LogP contribution >= 0.6 is 0 Å². The number of amides is 1. The van der Waals surface area contributed by atoms with E-state index in [0.29, 0.717) is 11.1 Å². The molecule has 0 aliphatic rings. The third-order valence-electron chi connectivity index (χ3n) is 4.81. The Balaban J connectivity index is 1.40. The summed E-state index contributed by atoms with van der Waals surface area (Å²) in [6.45, 7) is 1.88. The van der Waals surface area contributed by atoms with Gasteiger partial charge < -0.3 is 8.75 Å². The van der Waals surface area contributed by atoms with Crippen molar-refractivity contribution in [2.75, 3.05) is 0 Å². The van der Waals surface area contributed by atoms with E-state index in [1.807, 2.05) is 48.1 Å². The Morgan fingerprint density at radius 1 is 0.909 bits per heavy atom. The number of nitrogens with zero attached hydrogens (tertiary/aromatic N) is 2. The quantitative estimate of drug-likeness (QED) is 0.253. The Morgan fingerprint density at radius 2 is 1.58 bits per heavy atom. The van der Waals surface area contributed by atoms with E-state index in [2.05, 4.69) is 10.5 Å². The van der Waals surface area contributed by atoms with E-state index >= 15 is 0 Å². The van der Waals surface area contributed by atoms with Crippen molar-refractivity contribution in [1.82, 2.24) is 9.99 Å². The number of aryl methyl sites for hydroxylation is 1. The molecular weight excluding hydrogens is 438 g/mol. The van der Waals surface area contributed by atoms with E-state index in [1.54, 1.807) is 36.4 Å². The lowest BCUT2D eigenvalue weighted by molar-refractivity contribution is 0.0955. The number of hydrogen-bond donors (Lipinski definition) is 1. The Kier molecular flexibility index (Phi) is 6.37. The van der Waals surface area contributed by atoms with Crippen LogP contribution in [0.15, 0.2) is 107 Å². The summed E-state index contributed by atoms with van der Waals surface area (Å²) in [4.78, 5) is 12.7. The van der Waals surface area contributed by atoms with Gasteiger partial charge in [0.25, 0.3) is 5.91 Å². The third-order valence-corrected chi connectivity index (χ3v) is 6.07. The maximum absolute atomic E-state index is 12.6. The fourth-order valence-electron chi connectivity index (χ4n) is 3.10. The Bertz CT molecular complexity index is 1380. The maximum atomic E-state index is 12.6. The summed E-state index contributed by atoms with van der Waals surface area (Å²) in [6.07, 6.45) is 5.19. The summed E-state index contributed by atoms with van der Waals surface area (Å²) in [5.41, 5.74) is 5.36. The van der Waals surface area contributed by atoms with Crippen molar-refractivity contribution in [3.8, 4) is 11.4 Å². The van der Waals surface area contributed by atoms with Crippen LogP contribution in [0.2, 0.25) is 0 Å². The van der Waals surface area contributed by atoms with E-state index < -0.39 is 10.1 Å². The highest BCUT2D eigenvalue weighted by molar-refractivity contribution is 7.87. The second kappa shape index (κ2) is 9.54. The number of para-hydroxylation sites is 1. The molecule has 33 heavy (non-hydrogen) atoms. The fraction of sp³-hybridized carbons (Fsp3) is 0.0400. The van der Waals surface area contributed by atoms with E-state index in [-0.39, 0.29) is 16.6 Å². The number of rotatable bonds is 7. The molecule has 0 spiro atoms. The van der Waals surface area contributed by atoms with Crippen molar-refractivity contribution < 1.29 is 17.4 Å². The second-order valence-corrected chi connectivity index (χ2v) is 8.77. The standard InChI is InChI=1S/C25H21N3O4S/c1-19-8-14-22(15-9-19)33(30,31)32-21-12-10-20(11-13-21)18-26-27-25(29)23-6-2-3-7-24(23)28-16-4-5-17-28/h2-18H,1H3,(H,27,29)/b26-18-. The number of hydrogen-bond acceptors (Lipinski definition) is 5. The van der Waals surface area contributed by atoms with Gasteiger partial charge in [0.1, 0.15) is 10.6 Å². The van der Waals surface area contributed by atoms with E-state index in [1.165, 1.54) is 30.5 Å². The smallest absolute Gasteiger partial charge is 0.339 e. The number of benzene rings is 3. The van der Waals surface area contributed by atoms with Crippen LogP contribution < -0.4 is 9.61 Å². The van der Waals surface area contributed by atoms with Crippen LogP contribution in [0.3, 0.4) is 0 Å². The molecule has 1 amide bonds. The molecule has 1 aromatic heterocycles. The highest BCUT2D eigenvalue weighted by atomic mass is 32.2. The summed E-state index contributed by atoms with van der Waals surface area (Å²) in [5.74, 6) is -0.169. The third kappa shape index (κ3) is 5.36. The van der Waals surface area contributed by atoms with Crippen LogP contribution in [0.4, 0.5) is 0 Å². The first-order valence-corrected chi connectivity index (χ1v) is 11.5. The molecular formula is C25H21N3O4S. The van der Waals surface area contributed by atoms with Crippen molar-refractivity contribution in [2.45, 2.75) is 11.8 Å². The zero-order chi connectivity index (χ0) is 23.3. The minimum Gasteiger partial charge on any atom is -0.379 e. The lowest BCUT2D eigenvalue weighted by atomic mass is 10.1. The SMILES string of the molecule is Cc1ccc(S(=O)(=O)Oc2ccc(/C=N\NC(=O)c3ccccc3-n3cccc3)cc2)cc1. The van der Waals surface area contributed by atoms with Gasteiger partial charge in [-0.1, -0.05) is 29.8 Å². The summed E-state index contributed by atoms with van der Waals surface area (Å²) in [6, 6.07) is 23.7. The van der Waals surface area contributed by atoms with Gasteiger partial charge in [0.05, 0.1) is 17.5 Å². The molecule has 166 valence electrons. The zero-order valence-electron chi connectivity index (χ0n) is 17.8. The number of carbonyl (C=O) groups is 1. The van der Waals surface area contributed by atoms with Crippen molar-refractivity contribution in [1.29, 1.82) is 0 Å². The maximum Gasteiger partial charge on any atom is 0.339 e. The van der Waals surface area contributed by atoms with Gasteiger partial charge in [-0.2, -0.15) is 13.5 Å². The molecule has 0 saturated heterocycles. The van der Waals surface area contributed by atoms with Gasteiger partial charge in [0.2, 0.25) is 0 Å². The summed E-state index contributed by atoms with van der Waals surface area (Å²) < 4.78 is 31.8. The molecule has 4 rings (SSSR count). The minimum absolute atomic E-state index is 0.0849. The van der Waals surface area contributed by atoms with E-state index in [4.69, 9.17) is 4.18 Å². The monoisotopic (exact) mass is 459 g/mol. The van der Waals surface area contributed by atoms with E-state index in [0.717, 1.165) is 11.3 Å². The van der Waals surface area contributed by atoms with Crippen molar-refractivity contribution in [3.05, 3.63) is 114 Å². The molecule has 4 aromatic rings. The largest absolute Gasteiger partial charge is 0.379 e. The van der Waals surface area contributed by atoms with Gasteiger partial charge in [-0.3, -0.25) is 4.79 Å². The summed E-state index contributed by atoms with van der Waals surface area (Å²) >= 11 is 0. The van der Waals surface area contributed by atoms with Crippen LogP contribution in [0.1, 0.15) is 21.5 Å². The Morgan fingerprint density at radius 3 is 2.27 bits per heavy atom. The molecule has 0 radical (unpaired) electrons. The Labute approximate surface area is 192 Å². The zero-order valence-corrected chi connectivity index (χ0v) is 18.6. The number of carbonyl (C=O) groups excluding carboxylic acids is 1. The van der Waals surface area contributed by atoms with Crippen LogP contribution in [0.25, 0.3) is 5.69 Å². The number of hydrazone groups is 1. The molecule has 0 unspecified atom stereocenters. The van der Waals surface area contributed by atoms with Gasteiger partial charge in [-0.05, 0) is 73.2 Å².